The molecule has 2 atom stereocenters. The van der Waals surface area contributed by atoms with E-state index in [2.05, 4.69) is 5.32 Å². The normalized spacial score (nSPS) is 25.3. The molecular weight excluding hydrogens is 474 g/mol. The van der Waals surface area contributed by atoms with Gasteiger partial charge in [0.25, 0.3) is 0 Å². The van der Waals surface area contributed by atoms with Crippen LogP contribution in [0.15, 0.2) is 72.8 Å². The number of aliphatic carboxylic acids is 1. The summed E-state index contributed by atoms with van der Waals surface area (Å²) in [6.07, 6.45) is 0. The lowest BCUT2D eigenvalue weighted by Crippen LogP contribution is -2.67. The molecule has 0 fully saturated rings. The molecule has 8 nitrogen and oxygen atoms in total. The van der Waals surface area contributed by atoms with Gasteiger partial charge in [-0.1, -0.05) is 66.7 Å². The van der Waals surface area contributed by atoms with Gasteiger partial charge in [0, 0.05) is 5.69 Å². The van der Waals surface area contributed by atoms with Crippen LogP contribution in [0.3, 0.4) is 0 Å². The Morgan fingerprint density at radius 2 is 1.19 bits per heavy atom. The van der Waals surface area contributed by atoms with Crippen molar-refractivity contribution in [1.82, 2.24) is 0 Å². The number of carbonyl (C=O) groups excluding carboxylic acids is 1. The number of carbonyl (C=O) groups is 2. The van der Waals surface area contributed by atoms with Crippen LogP contribution in [0.5, 0.6) is 0 Å². The lowest BCUT2D eigenvalue weighted by molar-refractivity contribution is -0.198. The number of carboxylic acid groups (broad SMARTS) is 1. The van der Waals surface area contributed by atoms with Crippen LogP contribution in [0.4, 0.5) is 5.69 Å². The van der Waals surface area contributed by atoms with Crippen LogP contribution in [-0.4, -0.2) is 53.6 Å². The molecule has 2 bridgehead atoms. The van der Waals surface area contributed by atoms with Crippen LogP contribution >= 0.6 is 0 Å². The number of fused-ring (bicyclic) bond motifs is 1. The van der Waals surface area contributed by atoms with E-state index >= 15 is 0 Å². The highest BCUT2D eigenvalue weighted by Crippen LogP contribution is 2.65. The second kappa shape index (κ2) is 9.72. The number of nitrogens with one attached hydrogen (secondary N) is 1. The standard InChI is InChI=1S/C29H29NO7/c1-18-8-2-7-13-23(18)30-26(33)24-25(27(34)35)29(37-17-15-32)21-11-5-3-9-19(21)28(24,36-16-14-31)20-10-4-6-12-22(20)29/h2-13,24-25,31-32H,14-17H2,1H3,(H,30,33)(H,34,35). The van der Waals surface area contributed by atoms with Gasteiger partial charge in [0.05, 0.1) is 32.3 Å². The second-order valence-electron chi connectivity index (χ2n) is 9.30. The Labute approximate surface area is 214 Å². The molecule has 0 aromatic heterocycles. The van der Waals surface area contributed by atoms with Crippen molar-refractivity contribution in [2.45, 2.75) is 18.1 Å². The SMILES string of the molecule is Cc1ccccc1NC(=O)C1C(C(=O)O)C2(OCCO)c3ccccc3C1(OCCO)c1ccccc12. The Kier molecular flexibility index (Phi) is 6.59. The van der Waals surface area contributed by atoms with Crippen LogP contribution < -0.4 is 5.32 Å². The number of hydrogen-bond donors (Lipinski definition) is 4. The molecule has 0 radical (unpaired) electrons. The fourth-order valence-electron chi connectivity index (χ4n) is 6.17. The maximum Gasteiger partial charge on any atom is 0.311 e. The molecule has 6 rings (SSSR count). The maximum absolute atomic E-state index is 14.2. The average molecular weight is 504 g/mol. The van der Waals surface area contributed by atoms with Crippen molar-refractivity contribution < 1.29 is 34.4 Å². The van der Waals surface area contributed by atoms with E-state index in [0.29, 0.717) is 27.9 Å². The molecule has 0 saturated carbocycles. The zero-order chi connectivity index (χ0) is 26.2. The largest absolute Gasteiger partial charge is 0.481 e. The lowest BCUT2D eigenvalue weighted by atomic mass is 9.49. The van der Waals surface area contributed by atoms with E-state index in [1.54, 1.807) is 48.5 Å². The summed E-state index contributed by atoms with van der Waals surface area (Å²) in [5.74, 6) is -4.43. The molecule has 3 aromatic rings. The number of aliphatic hydroxyl groups is 2. The molecular formula is C29H29NO7. The molecule has 0 spiro atoms. The monoisotopic (exact) mass is 503 g/mol. The van der Waals surface area contributed by atoms with Crippen LogP contribution in [0.25, 0.3) is 0 Å². The molecule has 4 N–H and O–H groups in total. The number of rotatable bonds is 9. The van der Waals surface area contributed by atoms with Gasteiger partial charge in [-0.25, -0.2) is 0 Å². The highest BCUT2D eigenvalue weighted by Gasteiger charge is 2.71. The van der Waals surface area contributed by atoms with E-state index in [-0.39, 0.29) is 26.4 Å². The number of carboxylic acids is 1. The average Bonchev–Trinajstić information content (AvgIpc) is 2.92. The Bertz CT molecular complexity index is 1290. The second-order valence-corrected chi connectivity index (χ2v) is 9.30. The minimum Gasteiger partial charge on any atom is -0.481 e. The molecule has 3 aliphatic carbocycles. The fourth-order valence-corrected chi connectivity index (χ4v) is 6.17. The number of aryl methyl sites for hydroxylation is 1. The van der Waals surface area contributed by atoms with Gasteiger partial charge in [-0.15, -0.1) is 0 Å². The predicted octanol–water partition coefficient (Wildman–Crippen LogP) is 2.78. The van der Waals surface area contributed by atoms with Gasteiger partial charge in [0.15, 0.2) is 0 Å². The predicted molar refractivity (Wildman–Crippen MR) is 135 cm³/mol. The van der Waals surface area contributed by atoms with Crippen molar-refractivity contribution in [3.8, 4) is 0 Å². The molecule has 3 aliphatic rings. The molecule has 1 amide bonds. The summed E-state index contributed by atoms with van der Waals surface area (Å²) < 4.78 is 12.7. The van der Waals surface area contributed by atoms with E-state index in [4.69, 9.17) is 9.47 Å². The van der Waals surface area contributed by atoms with Crippen molar-refractivity contribution in [2.24, 2.45) is 11.8 Å². The number of hydrogen-bond acceptors (Lipinski definition) is 6. The highest BCUT2D eigenvalue weighted by atomic mass is 16.5. The number of amides is 1. The third kappa shape index (κ3) is 3.59. The zero-order valence-electron chi connectivity index (χ0n) is 20.4. The number of anilines is 1. The molecule has 0 saturated heterocycles. The van der Waals surface area contributed by atoms with Gasteiger partial charge < -0.3 is 30.1 Å². The van der Waals surface area contributed by atoms with E-state index in [1.165, 1.54) is 0 Å². The zero-order valence-corrected chi connectivity index (χ0v) is 20.4. The molecule has 37 heavy (non-hydrogen) atoms. The van der Waals surface area contributed by atoms with Crippen LogP contribution in [-0.2, 0) is 30.3 Å². The number of ether oxygens (including phenoxy) is 2. The van der Waals surface area contributed by atoms with Gasteiger partial charge in [-0.3, -0.25) is 9.59 Å². The summed E-state index contributed by atoms with van der Waals surface area (Å²) in [7, 11) is 0. The van der Waals surface area contributed by atoms with Crippen molar-refractivity contribution in [3.63, 3.8) is 0 Å². The fraction of sp³-hybridized carbons (Fsp3) is 0.310. The number of aliphatic hydroxyl groups excluding tert-OH is 2. The number of para-hydroxylation sites is 1. The summed E-state index contributed by atoms with van der Waals surface area (Å²) in [5.41, 5.74) is 0.642. The van der Waals surface area contributed by atoms with Crippen LogP contribution in [0.2, 0.25) is 0 Å². The first-order valence-electron chi connectivity index (χ1n) is 12.2. The van der Waals surface area contributed by atoms with Gasteiger partial charge in [0.2, 0.25) is 5.91 Å². The minimum absolute atomic E-state index is 0.117. The van der Waals surface area contributed by atoms with Crippen molar-refractivity contribution >= 4 is 17.6 Å². The van der Waals surface area contributed by atoms with Crippen molar-refractivity contribution in [3.05, 3.63) is 101 Å². The molecule has 2 unspecified atom stereocenters. The topological polar surface area (TPSA) is 125 Å². The van der Waals surface area contributed by atoms with Gasteiger partial charge in [0.1, 0.15) is 17.1 Å². The summed E-state index contributed by atoms with van der Waals surface area (Å²) in [4.78, 5) is 27.4. The van der Waals surface area contributed by atoms with Crippen molar-refractivity contribution in [2.75, 3.05) is 31.7 Å². The van der Waals surface area contributed by atoms with E-state index in [1.807, 2.05) is 31.2 Å². The highest BCUT2D eigenvalue weighted by molar-refractivity contribution is 5.99. The lowest BCUT2D eigenvalue weighted by Gasteiger charge is -2.60. The van der Waals surface area contributed by atoms with Crippen molar-refractivity contribution in [1.29, 1.82) is 0 Å². The summed E-state index contributed by atoms with van der Waals surface area (Å²) in [6.45, 7) is 0.954. The third-order valence-electron chi connectivity index (χ3n) is 7.46. The Balaban J connectivity index is 1.83. The Hall–Kier alpha value is -3.56. The first-order chi connectivity index (χ1) is 17.9. The first-order valence-corrected chi connectivity index (χ1v) is 12.2. The smallest absolute Gasteiger partial charge is 0.311 e. The van der Waals surface area contributed by atoms with E-state index in [0.717, 1.165) is 5.56 Å². The molecule has 8 heteroatoms. The Morgan fingerprint density at radius 3 is 1.62 bits per heavy atom. The summed E-state index contributed by atoms with van der Waals surface area (Å²) in [6, 6.07) is 21.6. The van der Waals surface area contributed by atoms with Gasteiger partial charge in [-0.2, -0.15) is 0 Å². The quantitative estimate of drug-likeness (QED) is 0.354. The maximum atomic E-state index is 14.2. The first kappa shape index (κ1) is 25.1. The molecule has 192 valence electrons. The third-order valence-corrected chi connectivity index (χ3v) is 7.46. The minimum atomic E-state index is -1.56. The van der Waals surface area contributed by atoms with E-state index < -0.39 is 34.9 Å². The van der Waals surface area contributed by atoms with E-state index in [9.17, 15) is 24.9 Å². The number of benzene rings is 3. The summed E-state index contributed by atoms with van der Waals surface area (Å²) >= 11 is 0. The van der Waals surface area contributed by atoms with Crippen LogP contribution in [0.1, 0.15) is 27.8 Å². The Morgan fingerprint density at radius 1 is 0.757 bits per heavy atom. The van der Waals surface area contributed by atoms with Crippen LogP contribution in [0, 0.1) is 18.8 Å². The molecule has 0 heterocycles. The van der Waals surface area contributed by atoms with Gasteiger partial charge in [-0.05, 0) is 40.8 Å². The summed E-state index contributed by atoms with van der Waals surface area (Å²) in [5, 5.41) is 33.1. The molecule has 3 aromatic carbocycles. The molecule has 0 aliphatic heterocycles. The van der Waals surface area contributed by atoms with Gasteiger partial charge >= 0.3 is 5.97 Å².